The molecule has 3 aromatic rings. The van der Waals surface area contributed by atoms with Crippen molar-refractivity contribution in [2.75, 3.05) is 13.7 Å². The van der Waals surface area contributed by atoms with E-state index in [0.717, 1.165) is 35.4 Å². The first-order chi connectivity index (χ1) is 16.9. The Morgan fingerprint density at radius 3 is 2.43 bits per heavy atom. The van der Waals surface area contributed by atoms with Gasteiger partial charge in [-0.15, -0.1) is 0 Å². The fourth-order valence-electron chi connectivity index (χ4n) is 3.25. The molecular formula is C26H31N3O6. The van der Waals surface area contributed by atoms with Gasteiger partial charge < -0.3 is 18.7 Å². The second-order valence-corrected chi connectivity index (χ2v) is 7.98. The molecule has 2 N–H and O–H groups in total. The fourth-order valence-corrected chi connectivity index (χ4v) is 3.25. The number of nitrogens with zero attached hydrogens (tertiary/aromatic N) is 1. The molecule has 0 unspecified atom stereocenters. The Morgan fingerprint density at radius 2 is 1.77 bits per heavy atom. The molecule has 9 nitrogen and oxygen atoms in total. The molecule has 1 heterocycles. The summed E-state index contributed by atoms with van der Waals surface area (Å²) in [5.41, 5.74) is 7.69. The average molecular weight is 482 g/mol. The SMILES string of the molecule is CCCCOc1ccc(C(=O)NNC(=O)Cc2ccc(OCc3c(C)noc3C)cc2)cc1OC. The minimum Gasteiger partial charge on any atom is -0.493 e. The molecule has 0 spiro atoms. The molecule has 0 atom stereocenters. The number of aryl methyl sites for hydroxylation is 2. The van der Waals surface area contributed by atoms with Gasteiger partial charge in [0.2, 0.25) is 5.91 Å². The van der Waals surface area contributed by atoms with Crippen molar-refractivity contribution in [3.8, 4) is 17.2 Å². The first-order valence-corrected chi connectivity index (χ1v) is 11.4. The van der Waals surface area contributed by atoms with Gasteiger partial charge in [0, 0.05) is 5.56 Å². The summed E-state index contributed by atoms with van der Waals surface area (Å²) in [6.07, 6.45) is 2.04. The van der Waals surface area contributed by atoms with E-state index in [4.69, 9.17) is 18.7 Å². The van der Waals surface area contributed by atoms with E-state index < -0.39 is 5.91 Å². The molecule has 0 saturated heterocycles. The number of carbonyl (C=O) groups excluding carboxylic acids is 2. The van der Waals surface area contributed by atoms with Crippen LogP contribution in [0.5, 0.6) is 17.2 Å². The van der Waals surface area contributed by atoms with Crippen LogP contribution in [0.15, 0.2) is 47.0 Å². The smallest absolute Gasteiger partial charge is 0.269 e. The number of hydrazine groups is 1. The Hall–Kier alpha value is -4.01. The average Bonchev–Trinajstić information content (AvgIpc) is 3.19. The number of benzene rings is 2. The zero-order valence-electron chi connectivity index (χ0n) is 20.5. The van der Waals surface area contributed by atoms with E-state index in [2.05, 4.69) is 22.9 Å². The highest BCUT2D eigenvalue weighted by atomic mass is 16.5. The molecule has 186 valence electrons. The second kappa shape index (κ2) is 12.5. The van der Waals surface area contributed by atoms with E-state index in [1.165, 1.54) is 7.11 Å². The van der Waals surface area contributed by atoms with E-state index in [1.807, 2.05) is 13.8 Å². The van der Waals surface area contributed by atoms with Crippen molar-refractivity contribution < 1.29 is 28.3 Å². The third kappa shape index (κ3) is 7.23. The number of nitrogens with one attached hydrogen (secondary N) is 2. The first kappa shape index (κ1) is 25.6. The summed E-state index contributed by atoms with van der Waals surface area (Å²) in [4.78, 5) is 24.7. The molecule has 2 aromatic carbocycles. The molecule has 2 amide bonds. The predicted molar refractivity (Wildman–Crippen MR) is 129 cm³/mol. The summed E-state index contributed by atoms with van der Waals surface area (Å²) in [6.45, 7) is 6.71. The lowest BCUT2D eigenvalue weighted by Crippen LogP contribution is -2.42. The molecule has 0 saturated carbocycles. The maximum absolute atomic E-state index is 12.5. The Morgan fingerprint density at radius 1 is 1.00 bits per heavy atom. The van der Waals surface area contributed by atoms with Crippen molar-refractivity contribution in [2.24, 2.45) is 0 Å². The van der Waals surface area contributed by atoms with Gasteiger partial charge in [-0.25, -0.2) is 0 Å². The van der Waals surface area contributed by atoms with Crippen LogP contribution in [0.1, 0.15) is 52.7 Å². The predicted octanol–water partition coefficient (Wildman–Crippen LogP) is 4.06. The maximum atomic E-state index is 12.5. The van der Waals surface area contributed by atoms with Gasteiger partial charge in [-0.2, -0.15) is 0 Å². The molecule has 9 heteroatoms. The zero-order chi connectivity index (χ0) is 25.2. The number of carbonyl (C=O) groups is 2. The number of unbranched alkanes of at least 4 members (excludes halogenated alkanes) is 1. The minimum atomic E-state index is -0.458. The largest absolute Gasteiger partial charge is 0.493 e. The number of hydrogen-bond donors (Lipinski definition) is 2. The van der Waals surface area contributed by atoms with Gasteiger partial charge >= 0.3 is 0 Å². The number of ether oxygens (including phenoxy) is 3. The van der Waals surface area contributed by atoms with Crippen molar-refractivity contribution >= 4 is 11.8 Å². The van der Waals surface area contributed by atoms with E-state index in [1.54, 1.807) is 42.5 Å². The third-order valence-corrected chi connectivity index (χ3v) is 5.35. The van der Waals surface area contributed by atoms with Crippen LogP contribution < -0.4 is 25.1 Å². The van der Waals surface area contributed by atoms with Crippen molar-refractivity contribution in [1.29, 1.82) is 0 Å². The van der Waals surface area contributed by atoms with Crippen LogP contribution in [0.3, 0.4) is 0 Å². The summed E-state index contributed by atoms with van der Waals surface area (Å²) in [5, 5.41) is 3.91. The minimum absolute atomic E-state index is 0.0952. The summed E-state index contributed by atoms with van der Waals surface area (Å²) in [6, 6.07) is 12.0. The molecule has 0 radical (unpaired) electrons. The molecule has 0 bridgehead atoms. The van der Waals surface area contributed by atoms with Gasteiger partial charge in [0.15, 0.2) is 11.5 Å². The number of rotatable bonds is 11. The standard InChI is InChI=1S/C26H31N3O6/c1-5-6-13-33-23-12-9-20(15-24(23)32-4)26(31)28-27-25(30)14-19-7-10-21(11-8-19)34-16-22-17(2)29-35-18(22)3/h7-12,15H,5-6,13-14,16H2,1-4H3,(H,27,30)(H,28,31). The van der Waals surface area contributed by atoms with Crippen LogP contribution in [0.25, 0.3) is 0 Å². The van der Waals surface area contributed by atoms with Crippen LogP contribution in [-0.2, 0) is 17.8 Å². The third-order valence-electron chi connectivity index (χ3n) is 5.35. The molecular weight excluding hydrogens is 450 g/mol. The summed E-state index contributed by atoms with van der Waals surface area (Å²) in [5.74, 6) is 1.61. The van der Waals surface area contributed by atoms with E-state index in [9.17, 15) is 9.59 Å². The molecule has 0 aliphatic heterocycles. The Bertz CT molecular complexity index is 1120. The Kier molecular flexibility index (Phi) is 9.11. The number of aromatic nitrogens is 1. The van der Waals surface area contributed by atoms with Gasteiger partial charge in [0.25, 0.3) is 5.91 Å². The van der Waals surface area contributed by atoms with Gasteiger partial charge in [-0.3, -0.25) is 20.4 Å². The molecule has 0 aliphatic rings. The molecule has 0 aliphatic carbocycles. The van der Waals surface area contributed by atoms with Crippen LogP contribution in [0.2, 0.25) is 0 Å². The highest BCUT2D eigenvalue weighted by Crippen LogP contribution is 2.28. The van der Waals surface area contributed by atoms with Crippen molar-refractivity contribution in [3.63, 3.8) is 0 Å². The number of amides is 2. The number of hydrogen-bond acceptors (Lipinski definition) is 7. The van der Waals surface area contributed by atoms with Gasteiger partial charge in [0.1, 0.15) is 18.1 Å². The van der Waals surface area contributed by atoms with Gasteiger partial charge in [-0.05, 0) is 56.2 Å². The van der Waals surface area contributed by atoms with Gasteiger partial charge in [0.05, 0.1) is 31.4 Å². The van der Waals surface area contributed by atoms with Crippen LogP contribution in [-0.4, -0.2) is 30.7 Å². The van der Waals surface area contributed by atoms with Crippen LogP contribution in [0.4, 0.5) is 0 Å². The van der Waals surface area contributed by atoms with Crippen LogP contribution in [0, 0.1) is 13.8 Å². The Balaban J connectivity index is 1.47. The van der Waals surface area contributed by atoms with Crippen molar-refractivity contribution in [2.45, 2.75) is 46.6 Å². The fraction of sp³-hybridized carbons (Fsp3) is 0.346. The Labute approximate surface area is 204 Å². The van der Waals surface area contributed by atoms with Crippen molar-refractivity contribution in [1.82, 2.24) is 16.0 Å². The summed E-state index contributed by atoms with van der Waals surface area (Å²) >= 11 is 0. The molecule has 1 aromatic heterocycles. The molecule has 3 rings (SSSR count). The highest BCUT2D eigenvalue weighted by Gasteiger charge is 2.13. The van der Waals surface area contributed by atoms with E-state index in [0.29, 0.717) is 36.0 Å². The quantitative estimate of drug-likeness (QED) is 0.314. The van der Waals surface area contributed by atoms with Crippen LogP contribution >= 0.6 is 0 Å². The zero-order valence-corrected chi connectivity index (χ0v) is 20.5. The topological polar surface area (TPSA) is 112 Å². The lowest BCUT2D eigenvalue weighted by Gasteiger charge is -2.12. The van der Waals surface area contributed by atoms with Crippen molar-refractivity contribution in [3.05, 3.63) is 70.6 Å². The number of methoxy groups -OCH3 is 1. The monoisotopic (exact) mass is 481 g/mol. The van der Waals surface area contributed by atoms with E-state index in [-0.39, 0.29) is 12.3 Å². The summed E-state index contributed by atoms with van der Waals surface area (Å²) < 4.78 is 21.9. The van der Waals surface area contributed by atoms with Gasteiger partial charge in [-0.1, -0.05) is 30.6 Å². The highest BCUT2D eigenvalue weighted by molar-refractivity contribution is 5.96. The summed E-state index contributed by atoms with van der Waals surface area (Å²) in [7, 11) is 1.51. The van der Waals surface area contributed by atoms with E-state index >= 15 is 0 Å². The lowest BCUT2D eigenvalue weighted by molar-refractivity contribution is -0.121. The maximum Gasteiger partial charge on any atom is 0.269 e. The first-order valence-electron chi connectivity index (χ1n) is 11.4. The molecule has 35 heavy (non-hydrogen) atoms. The normalized spacial score (nSPS) is 10.5. The lowest BCUT2D eigenvalue weighted by atomic mass is 10.1. The second-order valence-electron chi connectivity index (χ2n) is 7.98. The molecule has 0 fully saturated rings.